The van der Waals surface area contributed by atoms with Crippen LogP contribution in [0, 0.1) is 6.92 Å². The summed E-state index contributed by atoms with van der Waals surface area (Å²) in [4.78, 5) is 19.2. The molecule has 1 saturated heterocycles. The van der Waals surface area contributed by atoms with E-state index in [9.17, 15) is 4.79 Å². The smallest absolute Gasteiger partial charge is 0.237 e. The molecular formula is C19H26N4O2. The molecule has 0 unspecified atom stereocenters. The van der Waals surface area contributed by atoms with E-state index in [1.165, 1.54) is 0 Å². The van der Waals surface area contributed by atoms with Gasteiger partial charge in [-0.1, -0.05) is 35.5 Å². The van der Waals surface area contributed by atoms with Crippen LogP contribution in [0.4, 0.5) is 0 Å². The molecular weight excluding hydrogens is 316 g/mol. The van der Waals surface area contributed by atoms with Crippen molar-refractivity contribution in [3.8, 4) is 0 Å². The van der Waals surface area contributed by atoms with Gasteiger partial charge in [-0.05, 0) is 45.7 Å². The van der Waals surface area contributed by atoms with Crippen molar-refractivity contribution in [1.29, 1.82) is 0 Å². The Morgan fingerprint density at radius 3 is 2.76 bits per heavy atom. The number of aromatic nitrogens is 2. The number of nitrogens with one attached hydrogen (secondary N) is 1. The van der Waals surface area contributed by atoms with Crippen molar-refractivity contribution in [3.05, 3.63) is 47.6 Å². The Morgan fingerprint density at radius 2 is 2.08 bits per heavy atom. The van der Waals surface area contributed by atoms with Crippen molar-refractivity contribution in [2.75, 3.05) is 13.1 Å². The number of amides is 1. The average molecular weight is 342 g/mol. The molecule has 2 heterocycles. The molecule has 0 aliphatic carbocycles. The van der Waals surface area contributed by atoms with E-state index >= 15 is 0 Å². The highest BCUT2D eigenvalue weighted by molar-refractivity contribution is 5.81. The molecule has 0 radical (unpaired) electrons. The van der Waals surface area contributed by atoms with E-state index in [2.05, 4.69) is 20.4 Å². The lowest BCUT2D eigenvalue weighted by Crippen LogP contribution is -2.49. The van der Waals surface area contributed by atoms with Crippen LogP contribution in [-0.2, 0) is 4.79 Å². The van der Waals surface area contributed by atoms with Crippen LogP contribution in [0.3, 0.4) is 0 Å². The quantitative estimate of drug-likeness (QED) is 0.905. The molecule has 0 spiro atoms. The standard InChI is InChI=1S/C19H26N4O2/c1-13(16-8-5-4-6-9-16)20-18(24)14(2)23-11-7-10-17(12-23)19-21-15(3)22-25-19/h4-6,8-9,13-14,17H,7,10-12H2,1-3H3,(H,20,24)/t13-,14+,17-/m1/s1. The van der Waals surface area contributed by atoms with Gasteiger partial charge < -0.3 is 9.84 Å². The van der Waals surface area contributed by atoms with E-state index in [1.54, 1.807) is 0 Å². The van der Waals surface area contributed by atoms with Gasteiger partial charge >= 0.3 is 0 Å². The van der Waals surface area contributed by atoms with E-state index < -0.39 is 0 Å². The third-order valence-corrected chi connectivity index (χ3v) is 4.93. The molecule has 1 aromatic heterocycles. The average Bonchev–Trinajstić information content (AvgIpc) is 3.08. The molecule has 2 aromatic rings. The normalized spacial score (nSPS) is 20.8. The number of aryl methyl sites for hydroxylation is 1. The van der Waals surface area contributed by atoms with Gasteiger partial charge in [-0.3, -0.25) is 9.69 Å². The molecule has 3 rings (SSSR count). The summed E-state index contributed by atoms with van der Waals surface area (Å²) in [6, 6.07) is 9.84. The van der Waals surface area contributed by atoms with E-state index in [0.29, 0.717) is 11.7 Å². The fourth-order valence-electron chi connectivity index (χ4n) is 3.36. The maximum absolute atomic E-state index is 12.7. The van der Waals surface area contributed by atoms with Crippen molar-refractivity contribution in [3.63, 3.8) is 0 Å². The molecule has 1 aliphatic rings. The molecule has 0 saturated carbocycles. The van der Waals surface area contributed by atoms with Gasteiger partial charge in [0.05, 0.1) is 18.0 Å². The predicted molar refractivity (Wildman–Crippen MR) is 95.0 cm³/mol. The van der Waals surface area contributed by atoms with Gasteiger partial charge in [0.15, 0.2) is 5.82 Å². The molecule has 3 atom stereocenters. The second kappa shape index (κ2) is 7.78. The highest BCUT2D eigenvalue weighted by atomic mass is 16.5. The van der Waals surface area contributed by atoms with E-state index in [1.807, 2.05) is 51.1 Å². The lowest BCUT2D eigenvalue weighted by Gasteiger charge is -2.35. The Kier molecular flexibility index (Phi) is 5.48. The highest BCUT2D eigenvalue weighted by Crippen LogP contribution is 2.27. The lowest BCUT2D eigenvalue weighted by molar-refractivity contribution is -0.127. The zero-order valence-electron chi connectivity index (χ0n) is 15.1. The Balaban J connectivity index is 1.59. The zero-order chi connectivity index (χ0) is 17.8. The minimum Gasteiger partial charge on any atom is -0.348 e. The Bertz CT molecular complexity index is 700. The van der Waals surface area contributed by atoms with Crippen molar-refractivity contribution in [2.45, 2.75) is 51.6 Å². The maximum atomic E-state index is 12.7. The number of benzene rings is 1. The van der Waals surface area contributed by atoms with Crippen LogP contribution in [0.5, 0.6) is 0 Å². The zero-order valence-corrected chi connectivity index (χ0v) is 15.1. The minimum absolute atomic E-state index is 0.00433. The summed E-state index contributed by atoms with van der Waals surface area (Å²) in [7, 11) is 0. The number of nitrogens with zero attached hydrogens (tertiary/aromatic N) is 3. The SMILES string of the molecule is Cc1noc([C@@H]2CCCN([C@@H](C)C(=O)N[C@H](C)c3ccccc3)C2)n1. The minimum atomic E-state index is -0.182. The summed E-state index contributed by atoms with van der Waals surface area (Å²) in [5, 5.41) is 7.01. The second-order valence-electron chi connectivity index (χ2n) is 6.83. The Labute approximate surface area is 148 Å². The van der Waals surface area contributed by atoms with Gasteiger partial charge in [-0.15, -0.1) is 0 Å². The van der Waals surface area contributed by atoms with Crippen molar-refractivity contribution >= 4 is 5.91 Å². The lowest BCUT2D eigenvalue weighted by atomic mass is 9.96. The summed E-state index contributed by atoms with van der Waals surface area (Å²) in [6.07, 6.45) is 2.05. The van der Waals surface area contributed by atoms with Gasteiger partial charge in [0.2, 0.25) is 11.8 Å². The van der Waals surface area contributed by atoms with Crippen LogP contribution in [0.25, 0.3) is 0 Å². The number of hydrogen-bond donors (Lipinski definition) is 1. The van der Waals surface area contributed by atoms with Gasteiger partial charge in [0, 0.05) is 6.54 Å². The Hall–Kier alpha value is -2.21. The number of carbonyl (C=O) groups is 1. The van der Waals surface area contributed by atoms with Gasteiger partial charge in [0.1, 0.15) is 0 Å². The first-order chi connectivity index (χ1) is 12.0. The molecule has 1 fully saturated rings. The fourth-order valence-corrected chi connectivity index (χ4v) is 3.36. The van der Waals surface area contributed by atoms with E-state index in [4.69, 9.17) is 4.52 Å². The van der Waals surface area contributed by atoms with Crippen molar-refractivity contribution < 1.29 is 9.32 Å². The molecule has 1 amide bonds. The fraction of sp³-hybridized carbons (Fsp3) is 0.526. The van der Waals surface area contributed by atoms with Crippen molar-refractivity contribution in [2.24, 2.45) is 0 Å². The van der Waals surface area contributed by atoms with E-state index in [0.717, 1.165) is 31.5 Å². The van der Waals surface area contributed by atoms with Crippen LogP contribution >= 0.6 is 0 Å². The third-order valence-electron chi connectivity index (χ3n) is 4.93. The third kappa shape index (κ3) is 4.25. The largest absolute Gasteiger partial charge is 0.348 e. The molecule has 1 N–H and O–H groups in total. The summed E-state index contributed by atoms with van der Waals surface area (Å²) in [5.74, 6) is 1.61. The predicted octanol–water partition coefficient (Wildman–Crippen LogP) is 2.82. The maximum Gasteiger partial charge on any atom is 0.237 e. The number of likely N-dealkylation sites (tertiary alicyclic amines) is 1. The highest BCUT2D eigenvalue weighted by Gasteiger charge is 2.31. The molecule has 6 nitrogen and oxygen atoms in total. The summed E-state index contributed by atoms with van der Waals surface area (Å²) in [5.41, 5.74) is 1.11. The number of rotatable bonds is 5. The summed E-state index contributed by atoms with van der Waals surface area (Å²) >= 11 is 0. The summed E-state index contributed by atoms with van der Waals surface area (Å²) in [6.45, 7) is 7.50. The number of carbonyl (C=O) groups excluding carboxylic acids is 1. The Morgan fingerprint density at radius 1 is 1.32 bits per heavy atom. The summed E-state index contributed by atoms with van der Waals surface area (Å²) < 4.78 is 5.33. The van der Waals surface area contributed by atoms with Gasteiger partial charge in [-0.25, -0.2) is 0 Å². The van der Waals surface area contributed by atoms with Crippen LogP contribution < -0.4 is 5.32 Å². The first-order valence-corrected chi connectivity index (χ1v) is 8.94. The number of hydrogen-bond acceptors (Lipinski definition) is 5. The molecule has 25 heavy (non-hydrogen) atoms. The molecule has 1 aliphatic heterocycles. The molecule has 6 heteroatoms. The topological polar surface area (TPSA) is 71.3 Å². The van der Waals surface area contributed by atoms with Gasteiger partial charge in [-0.2, -0.15) is 4.98 Å². The molecule has 134 valence electrons. The van der Waals surface area contributed by atoms with Gasteiger partial charge in [0.25, 0.3) is 0 Å². The van der Waals surface area contributed by atoms with Crippen LogP contribution in [0.15, 0.2) is 34.9 Å². The van der Waals surface area contributed by atoms with E-state index in [-0.39, 0.29) is 23.9 Å². The second-order valence-corrected chi connectivity index (χ2v) is 6.83. The molecule has 1 aromatic carbocycles. The number of piperidine rings is 1. The van der Waals surface area contributed by atoms with Crippen molar-refractivity contribution in [1.82, 2.24) is 20.4 Å². The van der Waals surface area contributed by atoms with Crippen LogP contribution in [-0.4, -0.2) is 40.1 Å². The first-order valence-electron chi connectivity index (χ1n) is 8.94. The first kappa shape index (κ1) is 17.6. The van der Waals surface area contributed by atoms with Crippen LogP contribution in [0.2, 0.25) is 0 Å². The molecule has 0 bridgehead atoms. The van der Waals surface area contributed by atoms with Crippen LogP contribution in [0.1, 0.15) is 55.9 Å². The monoisotopic (exact) mass is 342 g/mol.